The Kier molecular flexibility index (Phi) is 7.32. The topological polar surface area (TPSA) is 175 Å². The molecule has 0 amide bonds. The highest BCUT2D eigenvalue weighted by Gasteiger charge is 2.66. The molecule has 0 bridgehead atoms. The maximum absolute atomic E-state index is 12.6. The first-order valence-corrected chi connectivity index (χ1v) is 11.2. The lowest BCUT2D eigenvalue weighted by Crippen LogP contribution is -2.62. The van der Waals surface area contributed by atoms with E-state index in [1.165, 1.54) is 19.1 Å². The number of aliphatic hydroxyl groups is 6. The molecule has 1 aromatic rings. The van der Waals surface area contributed by atoms with Gasteiger partial charge in [0.25, 0.3) is 0 Å². The monoisotopic (exact) mass is 494 g/mol. The maximum atomic E-state index is 12.6. The van der Waals surface area contributed by atoms with Crippen LogP contribution >= 0.6 is 0 Å². The van der Waals surface area contributed by atoms with E-state index in [-0.39, 0.29) is 6.42 Å². The summed E-state index contributed by atoms with van der Waals surface area (Å²) in [6.07, 6.45) is -5.57. The minimum atomic E-state index is -1.91. The molecule has 10 atom stereocenters. The van der Waals surface area contributed by atoms with E-state index < -0.39 is 72.8 Å². The van der Waals surface area contributed by atoms with Crippen molar-refractivity contribution in [2.45, 2.75) is 67.6 Å². The Hall–Kier alpha value is -2.35. The zero-order valence-electron chi connectivity index (χ0n) is 19.0. The fourth-order valence-electron chi connectivity index (χ4n) is 4.92. The van der Waals surface area contributed by atoms with Crippen LogP contribution in [0, 0.1) is 5.92 Å². The molecule has 192 valence electrons. The van der Waals surface area contributed by atoms with Crippen LogP contribution in [0.15, 0.2) is 48.7 Å². The number of ether oxygens (including phenoxy) is 4. The van der Waals surface area contributed by atoms with Crippen LogP contribution in [0.2, 0.25) is 0 Å². The van der Waals surface area contributed by atoms with Gasteiger partial charge in [-0.15, -0.1) is 0 Å². The third kappa shape index (κ3) is 4.86. The summed E-state index contributed by atoms with van der Waals surface area (Å²) in [5.41, 5.74) is -2.62. The highest BCUT2D eigenvalue weighted by Crippen LogP contribution is 2.51. The molecular weight excluding hydrogens is 464 g/mol. The normalized spacial score (nSPS) is 43.1. The molecule has 6 N–H and O–H groups in total. The second kappa shape index (κ2) is 9.96. The summed E-state index contributed by atoms with van der Waals surface area (Å²) in [6, 6.07) is 9.06. The Morgan fingerprint density at radius 1 is 1.11 bits per heavy atom. The van der Waals surface area contributed by atoms with Crippen molar-refractivity contribution in [3.05, 3.63) is 54.3 Å². The molecule has 1 aromatic carbocycles. The number of fused-ring (bicyclic) bond motifs is 1. The molecule has 2 heterocycles. The van der Waals surface area contributed by atoms with Crippen molar-refractivity contribution in [3.8, 4) is 0 Å². The maximum Gasteiger partial charge on any atom is 0.331 e. The molecular formula is C24H30O11. The van der Waals surface area contributed by atoms with E-state index in [1.54, 1.807) is 18.2 Å². The second-order valence-electron chi connectivity index (χ2n) is 9.20. The largest absolute Gasteiger partial charge is 0.472 e. The summed E-state index contributed by atoms with van der Waals surface area (Å²) in [5.74, 6) is -1.90. The molecule has 0 radical (unpaired) electrons. The van der Waals surface area contributed by atoms with Crippen LogP contribution in [0.4, 0.5) is 0 Å². The zero-order valence-corrected chi connectivity index (χ0v) is 19.0. The van der Waals surface area contributed by atoms with Crippen molar-refractivity contribution >= 4 is 12.0 Å². The number of benzene rings is 1. The second-order valence-corrected chi connectivity index (χ2v) is 9.20. The van der Waals surface area contributed by atoms with E-state index >= 15 is 0 Å². The van der Waals surface area contributed by atoms with Gasteiger partial charge in [0.1, 0.15) is 35.6 Å². The minimum Gasteiger partial charge on any atom is -0.472 e. The number of aliphatic hydroxyl groups excluding tert-OH is 5. The van der Waals surface area contributed by atoms with Crippen molar-refractivity contribution in [1.29, 1.82) is 0 Å². The Morgan fingerprint density at radius 2 is 1.83 bits per heavy atom. The molecule has 1 aliphatic carbocycles. The molecule has 35 heavy (non-hydrogen) atoms. The van der Waals surface area contributed by atoms with E-state index in [2.05, 4.69) is 0 Å². The average molecular weight is 494 g/mol. The van der Waals surface area contributed by atoms with Gasteiger partial charge in [-0.05, 0) is 24.6 Å². The third-order valence-electron chi connectivity index (χ3n) is 6.77. The zero-order chi connectivity index (χ0) is 25.4. The van der Waals surface area contributed by atoms with Crippen LogP contribution in [0.25, 0.3) is 6.08 Å². The summed E-state index contributed by atoms with van der Waals surface area (Å²) in [4.78, 5) is 12.6. The first-order valence-electron chi connectivity index (χ1n) is 11.2. The SMILES string of the molecule is C[C@@]1(OC(=O)/C=C\c2ccccc2)C[C@H](O)[C@@]2(O)C=COC(OC3OC(CO)C(O)C(O)C3O)C12. The van der Waals surface area contributed by atoms with Crippen LogP contribution in [-0.4, -0.2) is 97.5 Å². The van der Waals surface area contributed by atoms with Gasteiger partial charge >= 0.3 is 5.97 Å². The van der Waals surface area contributed by atoms with E-state index in [0.717, 1.165) is 11.8 Å². The van der Waals surface area contributed by atoms with Crippen molar-refractivity contribution in [1.82, 2.24) is 0 Å². The van der Waals surface area contributed by atoms with Gasteiger partial charge in [0.15, 0.2) is 6.29 Å². The first-order chi connectivity index (χ1) is 16.6. The minimum absolute atomic E-state index is 0.151. The van der Waals surface area contributed by atoms with Crippen LogP contribution in [-0.2, 0) is 23.7 Å². The van der Waals surface area contributed by atoms with Gasteiger partial charge < -0.3 is 49.6 Å². The number of esters is 1. The van der Waals surface area contributed by atoms with Gasteiger partial charge in [-0.1, -0.05) is 30.3 Å². The molecule has 4 rings (SSSR count). The number of rotatable bonds is 6. The van der Waals surface area contributed by atoms with E-state index in [1.807, 2.05) is 18.2 Å². The van der Waals surface area contributed by atoms with Gasteiger partial charge in [-0.3, -0.25) is 0 Å². The highest BCUT2D eigenvalue weighted by atomic mass is 16.8. The molecule has 2 fully saturated rings. The lowest BCUT2D eigenvalue weighted by Gasteiger charge is -2.45. The van der Waals surface area contributed by atoms with Gasteiger partial charge in [0, 0.05) is 12.5 Å². The van der Waals surface area contributed by atoms with E-state index in [0.29, 0.717) is 0 Å². The van der Waals surface area contributed by atoms with E-state index in [9.17, 15) is 35.4 Å². The average Bonchev–Trinajstić information content (AvgIpc) is 3.03. The number of carbonyl (C=O) groups is 1. The Morgan fingerprint density at radius 3 is 2.51 bits per heavy atom. The predicted octanol–water partition coefficient (Wildman–Crippen LogP) is -1.20. The molecule has 11 nitrogen and oxygen atoms in total. The van der Waals surface area contributed by atoms with Gasteiger partial charge in [0.05, 0.1) is 24.9 Å². The van der Waals surface area contributed by atoms with Gasteiger partial charge in [-0.25, -0.2) is 4.79 Å². The lowest BCUT2D eigenvalue weighted by molar-refractivity contribution is -0.351. The summed E-state index contributed by atoms with van der Waals surface area (Å²) in [6.45, 7) is 0.852. The van der Waals surface area contributed by atoms with Crippen LogP contribution in [0.5, 0.6) is 0 Å². The molecule has 2 aliphatic heterocycles. The Labute approximate surface area is 201 Å². The molecule has 11 heteroatoms. The molecule has 1 saturated carbocycles. The predicted molar refractivity (Wildman–Crippen MR) is 118 cm³/mol. The number of hydrogen-bond acceptors (Lipinski definition) is 11. The first kappa shape index (κ1) is 25.7. The highest BCUT2D eigenvalue weighted by molar-refractivity contribution is 5.87. The van der Waals surface area contributed by atoms with Crippen LogP contribution < -0.4 is 0 Å². The summed E-state index contributed by atoms with van der Waals surface area (Å²) < 4.78 is 22.3. The van der Waals surface area contributed by atoms with Gasteiger partial charge in [0.2, 0.25) is 6.29 Å². The van der Waals surface area contributed by atoms with Crippen LogP contribution in [0.3, 0.4) is 0 Å². The third-order valence-corrected chi connectivity index (χ3v) is 6.77. The number of hydrogen-bond donors (Lipinski definition) is 6. The molecule has 0 spiro atoms. The van der Waals surface area contributed by atoms with Crippen LogP contribution in [0.1, 0.15) is 18.9 Å². The molecule has 7 unspecified atom stereocenters. The standard InChI is InChI=1S/C24H30O11/c1-23(35-16(27)8-7-13-5-3-2-4-6-13)11-15(26)24(31)9-10-32-22(20(23)24)34-21-19(30)18(29)17(28)14(12-25)33-21/h2-10,14-15,17-22,25-26,28-31H,11-12H2,1H3/b8-7-/t14?,15-,17?,18?,19?,20?,21?,22?,23+,24-/m0/s1. The fourth-order valence-corrected chi connectivity index (χ4v) is 4.92. The summed E-state index contributed by atoms with van der Waals surface area (Å²) >= 11 is 0. The Balaban J connectivity index is 1.55. The summed E-state index contributed by atoms with van der Waals surface area (Å²) in [7, 11) is 0. The van der Waals surface area contributed by atoms with Crippen molar-refractivity contribution in [3.63, 3.8) is 0 Å². The molecule has 1 saturated heterocycles. The summed E-state index contributed by atoms with van der Waals surface area (Å²) in [5, 5.41) is 61.7. The smallest absolute Gasteiger partial charge is 0.331 e. The van der Waals surface area contributed by atoms with Gasteiger partial charge in [-0.2, -0.15) is 0 Å². The molecule has 0 aromatic heterocycles. The Bertz CT molecular complexity index is 950. The number of carbonyl (C=O) groups excluding carboxylic acids is 1. The van der Waals surface area contributed by atoms with Crippen molar-refractivity contribution < 1.29 is 54.4 Å². The van der Waals surface area contributed by atoms with E-state index in [4.69, 9.17) is 18.9 Å². The van der Waals surface area contributed by atoms with Crippen molar-refractivity contribution in [2.24, 2.45) is 5.92 Å². The lowest BCUT2D eigenvalue weighted by atomic mass is 9.81. The molecule has 3 aliphatic rings. The fraction of sp³-hybridized carbons (Fsp3) is 0.542. The van der Waals surface area contributed by atoms with Crippen molar-refractivity contribution in [2.75, 3.05) is 6.61 Å². The quantitative estimate of drug-likeness (QED) is 0.207.